The van der Waals surface area contributed by atoms with Crippen LogP contribution in [0.2, 0.25) is 0 Å². The summed E-state index contributed by atoms with van der Waals surface area (Å²) in [6, 6.07) is 5.85. The zero-order chi connectivity index (χ0) is 8.93. The van der Waals surface area contributed by atoms with Crippen molar-refractivity contribution in [2.75, 3.05) is 0 Å². The molecule has 0 aliphatic heterocycles. The van der Waals surface area contributed by atoms with Crippen LogP contribution in [-0.2, 0) is 6.42 Å². The zero-order valence-electron chi connectivity index (χ0n) is 7.09. The van der Waals surface area contributed by atoms with Gasteiger partial charge in [0.1, 0.15) is 0 Å². The lowest BCUT2D eigenvalue weighted by Crippen LogP contribution is -1.94. The van der Waals surface area contributed by atoms with Crippen LogP contribution in [0, 0.1) is 0 Å². The fraction of sp³-hybridized carbons (Fsp3) is 0.100. The van der Waals surface area contributed by atoms with Crippen LogP contribution < -0.4 is 0 Å². The number of hydrogen-bond acceptors (Lipinski definition) is 3. The Kier molecular flexibility index (Phi) is 2.27. The standard InChI is InChI=1S/C10H9N3/c1-2-4-12-9(3-1)7-10-8-11-5-6-13-10/h1-6,8H,7H2. The fourth-order valence-electron chi connectivity index (χ4n) is 1.11. The van der Waals surface area contributed by atoms with Gasteiger partial charge in [-0.05, 0) is 12.1 Å². The molecule has 13 heavy (non-hydrogen) atoms. The van der Waals surface area contributed by atoms with Gasteiger partial charge >= 0.3 is 0 Å². The third kappa shape index (κ3) is 2.08. The summed E-state index contributed by atoms with van der Waals surface area (Å²) < 4.78 is 0. The van der Waals surface area contributed by atoms with Crippen molar-refractivity contribution in [3.8, 4) is 0 Å². The third-order valence-electron chi connectivity index (χ3n) is 1.71. The molecule has 0 aliphatic carbocycles. The number of rotatable bonds is 2. The van der Waals surface area contributed by atoms with E-state index in [0.717, 1.165) is 17.8 Å². The summed E-state index contributed by atoms with van der Waals surface area (Å²) in [6.07, 6.45) is 7.65. The van der Waals surface area contributed by atoms with Gasteiger partial charge in [-0.1, -0.05) is 6.07 Å². The Labute approximate surface area is 76.5 Å². The average molecular weight is 171 g/mol. The van der Waals surface area contributed by atoms with Crippen molar-refractivity contribution >= 4 is 0 Å². The summed E-state index contributed by atoms with van der Waals surface area (Å²) in [7, 11) is 0. The first-order valence-corrected chi connectivity index (χ1v) is 4.10. The third-order valence-corrected chi connectivity index (χ3v) is 1.71. The van der Waals surface area contributed by atoms with Crippen LogP contribution in [0.5, 0.6) is 0 Å². The molecule has 0 saturated heterocycles. The first kappa shape index (κ1) is 7.86. The zero-order valence-corrected chi connectivity index (χ0v) is 7.09. The van der Waals surface area contributed by atoms with E-state index in [2.05, 4.69) is 15.0 Å². The predicted octanol–water partition coefficient (Wildman–Crippen LogP) is 1.46. The largest absolute Gasteiger partial charge is 0.261 e. The van der Waals surface area contributed by atoms with Crippen molar-refractivity contribution in [1.82, 2.24) is 15.0 Å². The van der Waals surface area contributed by atoms with E-state index in [0.29, 0.717) is 0 Å². The monoisotopic (exact) mass is 171 g/mol. The van der Waals surface area contributed by atoms with Gasteiger partial charge in [0.2, 0.25) is 0 Å². The van der Waals surface area contributed by atoms with Crippen LogP contribution in [0.1, 0.15) is 11.4 Å². The maximum atomic E-state index is 4.21. The molecule has 0 atom stereocenters. The molecular weight excluding hydrogens is 162 g/mol. The van der Waals surface area contributed by atoms with Gasteiger partial charge in [0.15, 0.2) is 0 Å². The van der Waals surface area contributed by atoms with Gasteiger partial charge in [0.25, 0.3) is 0 Å². The highest BCUT2D eigenvalue weighted by Crippen LogP contribution is 2.01. The molecule has 0 unspecified atom stereocenters. The molecule has 2 heterocycles. The summed E-state index contributed by atoms with van der Waals surface area (Å²) >= 11 is 0. The van der Waals surface area contributed by atoms with Crippen molar-refractivity contribution in [3.63, 3.8) is 0 Å². The summed E-state index contributed by atoms with van der Waals surface area (Å²) in [4.78, 5) is 12.4. The van der Waals surface area contributed by atoms with E-state index in [-0.39, 0.29) is 0 Å². The second-order valence-electron chi connectivity index (χ2n) is 2.69. The van der Waals surface area contributed by atoms with Gasteiger partial charge in [0, 0.05) is 36.9 Å². The minimum atomic E-state index is 0.745. The molecule has 0 aromatic carbocycles. The quantitative estimate of drug-likeness (QED) is 0.686. The van der Waals surface area contributed by atoms with Crippen molar-refractivity contribution in [2.45, 2.75) is 6.42 Å². The number of nitrogens with zero attached hydrogens (tertiary/aromatic N) is 3. The second kappa shape index (κ2) is 3.76. The van der Waals surface area contributed by atoms with Crippen LogP contribution in [0.25, 0.3) is 0 Å². The summed E-state index contributed by atoms with van der Waals surface area (Å²) in [5, 5.41) is 0. The Balaban J connectivity index is 2.16. The van der Waals surface area contributed by atoms with Gasteiger partial charge < -0.3 is 0 Å². The molecule has 0 aliphatic rings. The maximum Gasteiger partial charge on any atom is 0.0646 e. The SMILES string of the molecule is c1ccc(Cc2cnccn2)nc1. The molecule has 0 radical (unpaired) electrons. The Morgan fingerprint density at radius 1 is 0.923 bits per heavy atom. The lowest BCUT2D eigenvalue weighted by molar-refractivity contribution is 0.986. The van der Waals surface area contributed by atoms with E-state index >= 15 is 0 Å². The first-order chi connectivity index (χ1) is 6.45. The van der Waals surface area contributed by atoms with Crippen molar-refractivity contribution in [2.24, 2.45) is 0 Å². The van der Waals surface area contributed by atoms with Gasteiger partial charge in [-0.25, -0.2) is 0 Å². The second-order valence-corrected chi connectivity index (χ2v) is 2.69. The summed E-state index contributed by atoms with van der Waals surface area (Å²) in [5.41, 5.74) is 1.96. The van der Waals surface area contributed by atoms with Gasteiger partial charge in [0.05, 0.1) is 5.69 Å². The molecule has 0 N–H and O–H groups in total. The maximum absolute atomic E-state index is 4.21. The van der Waals surface area contributed by atoms with E-state index in [1.54, 1.807) is 24.8 Å². The molecule has 0 spiro atoms. The number of pyridine rings is 1. The molecule has 0 bridgehead atoms. The van der Waals surface area contributed by atoms with Crippen molar-refractivity contribution in [1.29, 1.82) is 0 Å². The van der Waals surface area contributed by atoms with Gasteiger partial charge in [-0.3, -0.25) is 15.0 Å². The lowest BCUT2D eigenvalue weighted by Gasteiger charge is -1.97. The minimum absolute atomic E-state index is 0.745. The molecular formula is C10H9N3. The predicted molar refractivity (Wildman–Crippen MR) is 49.1 cm³/mol. The molecule has 3 heteroatoms. The summed E-state index contributed by atoms with van der Waals surface area (Å²) in [5.74, 6) is 0. The Bertz CT molecular complexity index is 321. The molecule has 2 aromatic rings. The van der Waals surface area contributed by atoms with E-state index < -0.39 is 0 Å². The summed E-state index contributed by atoms with van der Waals surface area (Å²) in [6.45, 7) is 0. The molecule has 2 aromatic heterocycles. The average Bonchev–Trinajstić information content (AvgIpc) is 2.21. The van der Waals surface area contributed by atoms with Gasteiger partial charge in [-0.15, -0.1) is 0 Å². The smallest absolute Gasteiger partial charge is 0.0646 e. The number of hydrogen-bond donors (Lipinski definition) is 0. The fourth-order valence-corrected chi connectivity index (χ4v) is 1.11. The molecule has 64 valence electrons. The van der Waals surface area contributed by atoms with Crippen LogP contribution in [0.4, 0.5) is 0 Å². The normalized spacial score (nSPS) is 9.85. The van der Waals surface area contributed by atoms with E-state index in [9.17, 15) is 0 Å². The lowest BCUT2D eigenvalue weighted by atomic mass is 10.2. The van der Waals surface area contributed by atoms with Crippen LogP contribution in [-0.4, -0.2) is 15.0 Å². The minimum Gasteiger partial charge on any atom is -0.261 e. The highest BCUT2D eigenvalue weighted by molar-refractivity contribution is 5.11. The van der Waals surface area contributed by atoms with Crippen LogP contribution in [0.3, 0.4) is 0 Å². The van der Waals surface area contributed by atoms with Gasteiger partial charge in [-0.2, -0.15) is 0 Å². The first-order valence-electron chi connectivity index (χ1n) is 4.10. The number of aromatic nitrogens is 3. The highest BCUT2D eigenvalue weighted by Gasteiger charge is 1.96. The van der Waals surface area contributed by atoms with Crippen molar-refractivity contribution < 1.29 is 0 Å². The van der Waals surface area contributed by atoms with Crippen LogP contribution in [0.15, 0.2) is 43.0 Å². The molecule has 2 rings (SSSR count). The molecule has 0 saturated carbocycles. The van der Waals surface area contributed by atoms with Crippen molar-refractivity contribution in [3.05, 3.63) is 54.4 Å². The van der Waals surface area contributed by atoms with E-state index in [1.165, 1.54) is 0 Å². The Hall–Kier alpha value is -1.77. The van der Waals surface area contributed by atoms with E-state index in [1.807, 2.05) is 18.2 Å². The molecule has 0 amide bonds. The Morgan fingerprint density at radius 2 is 1.85 bits per heavy atom. The highest BCUT2D eigenvalue weighted by atomic mass is 14.8. The Morgan fingerprint density at radius 3 is 2.54 bits per heavy atom. The molecule has 0 fully saturated rings. The van der Waals surface area contributed by atoms with Crippen LogP contribution >= 0.6 is 0 Å². The topological polar surface area (TPSA) is 38.7 Å². The molecule has 3 nitrogen and oxygen atoms in total. The van der Waals surface area contributed by atoms with E-state index in [4.69, 9.17) is 0 Å².